The number of hydrogen-bond acceptors (Lipinski definition) is 1. The number of hydrogen-bond donors (Lipinski definition) is 0. The van der Waals surface area contributed by atoms with Gasteiger partial charge in [0, 0.05) is 19.0 Å². The van der Waals surface area contributed by atoms with Crippen molar-refractivity contribution in [2.45, 2.75) is 38.7 Å². The largest absolute Gasteiger partial charge is 0.367 e. The van der Waals surface area contributed by atoms with E-state index in [-0.39, 0.29) is 18.2 Å². The Labute approximate surface area is 107 Å². The molecule has 1 nitrogen and oxygen atoms in total. The van der Waals surface area contributed by atoms with Gasteiger partial charge in [0.05, 0.1) is 5.70 Å². The van der Waals surface area contributed by atoms with Gasteiger partial charge in [-0.15, -0.1) is 0 Å². The molecule has 1 heterocycles. The summed E-state index contributed by atoms with van der Waals surface area (Å²) >= 11 is 0. The van der Waals surface area contributed by atoms with E-state index in [1.54, 1.807) is 4.90 Å². The third kappa shape index (κ3) is 2.55. The van der Waals surface area contributed by atoms with Crippen LogP contribution in [0.5, 0.6) is 0 Å². The second kappa shape index (κ2) is 4.71. The van der Waals surface area contributed by atoms with Crippen molar-refractivity contribution in [3.63, 3.8) is 0 Å². The summed E-state index contributed by atoms with van der Waals surface area (Å²) in [4.78, 5) is 1.74. The zero-order valence-corrected chi connectivity index (χ0v) is 10.9. The molecule has 0 N–H and O–H groups in total. The van der Waals surface area contributed by atoms with Gasteiger partial charge in [-0.05, 0) is 25.8 Å². The van der Waals surface area contributed by atoms with Crippen LogP contribution in [0.15, 0.2) is 36.5 Å². The van der Waals surface area contributed by atoms with Gasteiger partial charge in [0.25, 0.3) is 5.92 Å². The molecule has 1 unspecified atom stereocenters. The Morgan fingerprint density at radius 3 is 2.44 bits per heavy atom. The summed E-state index contributed by atoms with van der Waals surface area (Å²) in [7, 11) is 0. The Kier molecular flexibility index (Phi) is 3.42. The maximum Gasteiger partial charge on any atom is 0.288 e. The molecule has 3 heteroatoms. The quantitative estimate of drug-likeness (QED) is 0.790. The molecule has 1 saturated heterocycles. The molecular weight excluding hydrogens is 232 g/mol. The summed E-state index contributed by atoms with van der Waals surface area (Å²) in [6.07, 6.45) is 0.666. The number of benzene rings is 1. The van der Waals surface area contributed by atoms with E-state index in [0.717, 1.165) is 6.42 Å². The summed E-state index contributed by atoms with van der Waals surface area (Å²) in [6.45, 7) is 8.02. The lowest BCUT2D eigenvalue weighted by atomic mass is 10.1. The molecule has 0 saturated carbocycles. The third-order valence-electron chi connectivity index (χ3n) is 3.61. The summed E-state index contributed by atoms with van der Waals surface area (Å²) in [5, 5.41) is 0. The third-order valence-corrected chi connectivity index (χ3v) is 3.61. The Bertz CT molecular complexity index is 436. The van der Waals surface area contributed by atoms with Crippen LogP contribution in [0.4, 0.5) is 8.78 Å². The average Bonchev–Trinajstić information content (AvgIpc) is 2.49. The predicted molar refractivity (Wildman–Crippen MR) is 69.8 cm³/mol. The lowest BCUT2D eigenvalue weighted by Crippen LogP contribution is -2.28. The van der Waals surface area contributed by atoms with Crippen LogP contribution in [0.25, 0.3) is 0 Å². The summed E-state index contributed by atoms with van der Waals surface area (Å²) < 4.78 is 27.0. The maximum atomic E-state index is 13.5. The summed E-state index contributed by atoms with van der Waals surface area (Å²) in [5.74, 6) is -2.73. The van der Waals surface area contributed by atoms with E-state index < -0.39 is 5.92 Å². The fourth-order valence-electron chi connectivity index (χ4n) is 2.43. The highest BCUT2D eigenvalue weighted by molar-refractivity contribution is 5.22. The van der Waals surface area contributed by atoms with Crippen molar-refractivity contribution >= 4 is 0 Å². The van der Waals surface area contributed by atoms with Crippen molar-refractivity contribution in [1.29, 1.82) is 0 Å². The standard InChI is InChI=1S/C15H19F2N/c1-11-4-6-14(7-5-11)8-9-18-12(2)10-15(16,17)13(18)3/h4-7,12H,3,8-10H2,1-2H3. The lowest BCUT2D eigenvalue weighted by molar-refractivity contribution is 0.0448. The second-order valence-corrected chi connectivity index (χ2v) is 5.13. The second-order valence-electron chi connectivity index (χ2n) is 5.13. The topological polar surface area (TPSA) is 3.24 Å². The Balaban J connectivity index is 1.98. The highest BCUT2D eigenvalue weighted by Crippen LogP contribution is 2.39. The number of alkyl halides is 2. The van der Waals surface area contributed by atoms with Crippen LogP contribution in [-0.4, -0.2) is 23.4 Å². The minimum absolute atomic E-state index is 0.0258. The van der Waals surface area contributed by atoms with Crippen molar-refractivity contribution in [2.24, 2.45) is 0 Å². The van der Waals surface area contributed by atoms with E-state index in [2.05, 4.69) is 18.7 Å². The molecule has 0 bridgehead atoms. The van der Waals surface area contributed by atoms with Crippen molar-refractivity contribution in [3.8, 4) is 0 Å². The van der Waals surface area contributed by atoms with E-state index in [0.29, 0.717) is 6.54 Å². The van der Waals surface area contributed by atoms with Gasteiger partial charge >= 0.3 is 0 Å². The first kappa shape index (κ1) is 13.1. The van der Waals surface area contributed by atoms with E-state index in [4.69, 9.17) is 0 Å². The molecule has 98 valence electrons. The van der Waals surface area contributed by atoms with Gasteiger partial charge in [0.2, 0.25) is 0 Å². The number of aryl methyl sites for hydroxylation is 1. The molecule has 1 aliphatic heterocycles. The number of rotatable bonds is 3. The molecule has 1 fully saturated rings. The maximum absolute atomic E-state index is 13.5. The van der Waals surface area contributed by atoms with Crippen LogP contribution in [0.2, 0.25) is 0 Å². The molecule has 0 spiro atoms. The molecular formula is C15H19F2N. The summed E-state index contributed by atoms with van der Waals surface area (Å²) in [5.41, 5.74) is 2.36. The van der Waals surface area contributed by atoms with Crippen LogP contribution in [-0.2, 0) is 6.42 Å². The van der Waals surface area contributed by atoms with Gasteiger partial charge in [-0.3, -0.25) is 0 Å². The molecule has 1 aromatic carbocycles. The number of allylic oxidation sites excluding steroid dienone is 1. The first-order valence-electron chi connectivity index (χ1n) is 6.29. The van der Waals surface area contributed by atoms with Crippen molar-refractivity contribution < 1.29 is 8.78 Å². The van der Waals surface area contributed by atoms with E-state index in [1.165, 1.54) is 11.1 Å². The molecule has 1 atom stereocenters. The molecule has 0 radical (unpaired) electrons. The molecule has 2 rings (SSSR count). The van der Waals surface area contributed by atoms with Gasteiger partial charge < -0.3 is 4.90 Å². The Hall–Kier alpha value is -1.38. The minimum Gasteiger partial charge on any atom is -0.367 e. The van der Waals surface area contributed by atoms with Crippen LogP contribution in [0, 0.1) is 6.92 Å². The number of likely N-dealkylation sites (tertiary alicyclic amines) is 1. The van der Waals surface area contributed by atoms with Crippen molar-refractivity contribution in [2.75, 3.05) is 6.54 Å². The number of nitrogens with zero attached hydrogens (tertiary/aromatic N) is 1. The molecule has 1 aliphatic rings. The average molecular weight is 251 g/mol. The van der Waals surface area contributed by atoms with Crippen molar-refractivity contribution in [1.82, 2.24) is 4.90 Å². The zero-order valence-electron chi connectivity index (χ0n) is 10.9. The number of halogens is 2. The van der Waals surface area contributed by atoms with Gasteiger partial charge in [0.15, 0.2) is 0 Å². The van der Waals surface area contributed by atoms with Crippen LogP contribution in [0.3, 0.4) is 0 Å². The predicted octanol–water partition coefficient (Wildman–Crippen LogP) is 3.78. The van der Waals surface area contributed by atoms with Gasteiger partial charge in [0.1, 0.15) is 0 Å². The van der Waals surface area contributed by atoms with Crippen LogP contribution >= 0.6 is 0 Å². The van der Waals surface area contributed by atoms with E-state index in [1.807, 2.05) is 26.0 Å². The first-order valence-corrected chi connectivity index (χ1v) is 6.29. The van der Waals surface area contributed by atoms with Gasteiger partial charge in [-0.2, -0.15) is 8.78 Å². The van der Waals surface area contributed by atoms with Crippen LogP contribution < -0.4 is 0 Å². The Morgan fingerprint density at radius 2 is 1.94 bits per heavy atom. The first-order chi connectivity index (χ1) is 8.40. The zero-order chi connectivity index (χ0) is 13.3. The fraction of sp³-hybridized carbons (Fsp3) is 0.467. The highest BCUT2D eigenvalue weighted by Gasteiger charge is 2.46. The van der Waals surface area contributed by atoms with Gasteiger partial charge in [-0.25, -0.2) is 0 Å². The van der Waals surface area contributed by atoms with E-state index in [9.17, 15) is 8.78 Å². The summed E-state index contributed by atoms with van der Waals surface area (Å²) in [6, 6.07) is 8.07. The van der Waals surface area contributed by atoms with Crippen molar-refractivity contribution in [3.05, 3.63) is 47.7 Å². The highest BCUT2D eigenvalue weighted by atomic mass is 19.3. The molecule has 1 aromatic rings. The fourth-order valence-corrected chi connectivity index (χ4v) is 2.43. The molecule has 18 heavy (non-hydrogen) atoms. The normalized spacial score (nSPS) is 22.6. The Morgan fingerprint density at radius 1 is 1.33 bits per heavy atom. The van der Waals surface area contributed by atoms with Gasteiger partial charge in [-0.1, -0.05) is 36.4 Å². The SMILES string of the molecule is C=C1N(CCc2ccc(C)cc2)C(C)CC1(F)F. The monoisotopic (exact) mass is 251 g/mol. The lowest BCUT2D eigenvalue weighted by Gasteiger charge is -2.24. The molecule has 0 aliphatic carbocycles. The smallest absolute Gasteiger partial charge is 0.288 e. The molecule has 0 amide bonds. The minimum atomic E-state index is -2.73. The molecule has 0 aromatic heterocycles. The van der Waals surface area contributed by atoms with Crippen LogP contribution in [0.1, 0.15) is 24.5 Å². The van der Waals surface area contributed by atoms with E-state index >= 15 is 0 Å².